The predicted molar refractivity (Wildman–Crippen MR) is 73.3 cm³/mol. The molecule has 0 aliphatic heterocycles. The van der Waals surface area contributed by atoms with Crippen molar-refractivity contribution in [1.29, 1.82) is 0 Å². The van der Waals surface area contributed by atoms with Gasteiger partial charge in [-0.05, 0) is 38.7 Å². The number of imidazole rings is 1. The van der Waals surface area contributed by atoms with Gasteiger partial charge in [0.25, 0.3) is 0 Å². The highest BCUT2D eigenvalue weighted by Crippen LogP contribution is 2.14. The Bertz CT molecular complexity index is 320. The van der Waals surface area contributed by atoms with E-state index in [-0.39, 0.29) is 0 Å². The van der Waals surface area contributed by atoms with Crippen LogP contribution in [0.3, 0.4) is 0 Å². The summed E-state index contributed by atoms with van der Waals surface area (Å²) in [5.74, 6) is 2.87. The Labute approximate surface area is 103 Å². The van der Waals surface area contributed by atoms with Crippen LogP contribution in [0.2, 0.25) is 0 Å². The van der Waals surface area contributed by atoms with Gasteiger partial charge in [0.15, 0.2) is 0 Å². The number of aryl methyl sites for hydroxylation is 1. The first kappa shape index (κ1) is 13.4. The van der Waals surface area contributed by atoms with Gasteiger partial charge in [-0.2, -0.15) is 11.8 Å². The molecule has 0 bridgehead atoms. The second-order valence-electron chi connectivity index (χ2n) is 4.72. The number of hydrogen-bond acceptors (Lipinski definition) is 3. The molecule has 1 aromatic heterocycles. The summed E-state index contributed by atoms with van der Waals surface area (Å²) in [5, 5.41) is 3.39. The van der Waals surface area contributed by atoms with E-state index in [9.17, 15) is 0 Å². The Morgan fingerprint density at radius 3 is 2.69 bits per heavy atom. The van der Waals surface area contributed by atoms with Crippen LogP contribution >= 0.6 is 11.8 Å². The minimum absolute atomic E-state index is 0.427. The number of rotatable bonds is 6. The van der Waals surface area contributed by atoms with Crippen LogP contribution in [0, 0.1) is 12.8 Å². The van der Waals surface area contributed by atoms with Crippen molar-refractivity contribution in [3.05, 3.63) is 11.9 Å². The van der Waals surface area contributed by atoms with Gasteiger partial charge in [-0.1, -0.05) is 6.92 Å². The van der Waals surface area contributed by atoms with Crippen LogP contribution in [0.5, 0.6) is 0 Å². The molecule has 1 aromatic rings. The molecule has 0 aromatic carbocycles. The molecular weight excluding hydrogens is 218 g/mol. The summed E-state index contributed by atoms with van der Waals surface area (Å²) < 4.78 is 2.23. The van der Waals surface area contributed by atoms with Gasteiger partial charge < -0.3 is 9.88 Å². The number of aromatic nitrogens is 2. The lowest BCUT2D eigenvalue weighted by Gasteiger charge is -2.15. The molecule has 3 nitrogen and oxygen atoms in total. The summed E-state index contributed by atoms with van der Waals surface area (Å²) in [4.78, 5) is 4.51. The van der Waals surface area contributed by atoms with Crippen LogP contribution in [0.4, 0.5) is 5.95 Å². The van der Waals surface area contributed by atoms with Crippen LogP contribution in [0.15, 0.2) is 6.20 Å². The normalized spacial score (nSPS) is 13.1. The summed E-state index contributed by atoms with van der Waals surface area (Å²) in [6, 6.07) is 0.427. The van der Waals surface area contributed by atoms with E-state index >= 15 is 0 Å². The van der Waals surface area contributed by atoms with E-state index < -0.39 is 0 Å². The summed E-state index contributed by atoms with van der Waals surface area (Å²) in [6.07, 6.45) is 4.28. The van der Waals surface area contributed by atoms with E-state index in [0.717, 1.165) is 18.2 Å². The molecule has 0 spiro atoms. The van der Waals surface area contributed by atoms with Gasteiger partial charge in [0.1, 0.15) is 0 Å². The fourth-order valence-electron chi connectivity index (χ4n) is 1.73. The molecular formula is C12H23N3S. The summed E-state index contributed by atoms with van der Waals surface area (Å²) in [5.41, 5.74) is 1.08. The highest BCUT2D eigenvalue weighted by atomic mass is 32.2. The Morgan fingerprint density at radius 2 is 2.12 bits per heavy atom. The van der Waals surface area contributed by atoms with Gasteiger partial charge in [0.05, 0.1) is 5.69 Å². The quantitative estimate of drug-likeness (QED) is 0.830. The summed E-state index contributed by atoms with van der Waals surface area (Å²) in [6.45, 7) is 9.64. The largest absolute Gasteiger partial charge is 0.353 e. The Kier molecular flexibility index (Phi) is 5.19. The zero-order valence-electron chi connectivity index (χ0n) is 10.9. The van der Waals surface area contributed by atoms with E-state index in [0.29, 0.717) is 12.0 Å². The van der Waals surface area contributed by atoms with E-state index in [2.05, 4.69) is 48.1 Å². The van der Waals surface area contributed by atoms with Crippen LogP contribution in [0.1, 0.15) is 26.5 Å². The van der Waals surface area contributed by atoms with Crippen LogP contribution in [-0.4, -0.2) is 27.6 Å². The third-order valence-electron chi connectivity index (χ3n) is 2.27. The molecule has 1 rings (SSSR count). The standard InChI is InChI=1S/C12H23N3S/c1-9(2)13-12-14-11(4)7-15(12)6-10(3)8-16-5/h7,9-10H,6,8H2,1-5H3,(H,13,14). The van der Waals surface area contributed by atoms with Crippen molar-refractivity contribution in [3.8, 4) is 0 Å². The Morgan fingerprint density at radius 1 is 1.44 bits per heavy atom. The lowest BCUT2D eigenvalue weighted by molar-refractivity contribution is 0.532. The van der Waals surface area contributed by atoms with Crippen LogP contribution in [-0.2, 0) is 6.54 Å². The first-order chi connectivity index (χ1) is 7.52. The van der Waals surface area contributed by atoms with Crippen LogP contribution in [0.25, 0.3) is 0 Å². The average molecular weight is 241 g/mol. The molecule has 16 heavy (non-hydrogen) atoms. The first-order valence-electron chi connectivity index (χ1n) is 5.82. The fourth-order valence-corrected chi connectivity index (χ4v) is 2.41. The number of hydrogen-bond donors (Lipinski definition) is 1. The van der Waals surface area contributed by atoms with Crippen molar-refractivity contribution >= 4 is 17.7 Å². The minimum atomic E-state index is 0.427. The van der Waals surface area contributed by atoms with E-state index in [1.165, 1.54) is 5.75 Å². The van der Waals surface area contributed by atoms with E-state index in [4.69, 9.17) is 0 Å². The molecule has 1 atom stereocenters. The Hall–Kier alpha value is -0.640. The van der Waals surface area contributed by atoms with Crippen molar-refractivity contribution in [1.82, 2.24) is 9.55 Å². The zero-order valence-corrected chi connectivity index (χ0v) is 11.8. The molecule has 1 unspecified atom stereocenters. The fraction of sp³-hybridized carbons (Fsp3) is 0.750. The highest BCUT2D eigenvalue weighted by molar-refractivity contribution is 7.98. The lowest BCUT2D eigenvalue weighted by Crippen LogP contribution is -2.17. The van der Waals surface area contributed by atoms with Gasteiger partial charge in [-0.3, -0.25) is 0 Å². The first-order valence-corrected chi connectivity index (χ1v) is 7.21. The molecule has 0 radical (unpaired) electrons. The van der Waals surface area contributed by atoms with E-state index in [1.807, 2.05) is 18.7 Å². The topological polar surface area (TPSA) is 29.9 Å². The van der Waals surface area contributed by atoms with Crippen molar-refractivity contribution in [2.75, 3.05) is 17.3 Å². The molecule has 0 saturated carbocycles. The monoisotopic (exact) mass is 241 g/mol. The van der Waals surface area contributed by atoms with Gasteiger partial charge in [-0.15, -0.1) is 0 Å². The minimum Gasteiger partial charge on any atom is -0.353 e. The van der Waals surface area contributed by atoms with Gasteiger partial charge in [0.2, 0.25) is 5.95 Å². The van der Waals surface area contributed by atoms with E-state index in [1.54, 1.807) is 0 Å². The molecule has 4 heteroatoms. The molecule has 0 amide bonds. The van der Waals surface area contributed by atoms with Crippen LogP contribution < -0.4 is 5.32 Å². The number of thioether (sulfide) groups is 1. The molecule has 1 heterocycles. The van der Waals surface area contributed by atoms with Gasteiger partial charge in [0, 0.05) is 18.8 Å². The average Bonchev–Trinajstić information content (AvgIpc) is 2.45. The SMILES string of the molecule is CSCC(C)Cn1cc(C)nc1NC(C)C. The maximum absolute atomic E-state index is 4.51. The molecule has 0 aliphatic rings. The summed E-state index contributed by atoms with van der Waals surface area (Å²) >= 11 is 1.90. The Balaban J connectivity index is 2.70. The third kappa shape index (κ3) is 4.08. The molecule has 0 aliphatic carbocycles. The molecule has 0 fully saturated rings. The number of nitrogens with one attached hydrogen (secondary N) is 1. The number of anilines is 1. The third-order valence-corrected chi connectivity index (χ3v) is 3.18. The van der Waals surface area contributed by atoms with Gasteiger partial charge in [-0.25, -0.2) is 4.98 Å². The maximum atomic E-state index is 4.51. The number of nitrogens with zero attached hydrogens (tertiary/aromatic N) is 2. The molecule has 0 saturated heterocycles. The zero-order chi connectivity index (χ0) is 12.1. The van der Waals surface area contributed by atoms with Crippen molar-refractivity contribution in [2.45, 2.75) is 40.3 Å². The van der Waals surface area contributed by atoms with Crippen molar-refractivity contribution < 1.29 is 0 Å². The lowest BCUT2D eigenvalue weighted by atomic mass is 10.2. The maximum Gasteiger partial charge on any atom is 0.203 e. The van der Waals surface area contributed by atoms with Crippen molar-refractivity contribution in [2.24, 2.45) is 5.92 Å². The predicted octanol–water partition coefficient (Wildman–Crippen LogP) is 3.01. The van der Waals surface area contributed by atoms with Gasteiger partial charge >= 0.3 is 0 Å². The smallest absolute Gasteiger partial charge is 0.203 e. The molecule has 1 N–H and O–H groups in total. The highest BCUT2D eigenvalue weighted by Gasteiger charge is 2.09. The van der Waals surface area contributed by atoms with Crippen molar-refractivity contribution in [3.63, 3.8) is 0 Å². The second-order valence-corrected chi connectivity index (χ2v) is 5.63. The summed E-state index contributed by atoms with van der Waals surface area (Å²) in [7, 11) is 0. The second kappa shape index (κ2) is 6.18. The molecule has 92 valence electrons.